The lowest BCUT2D eigenvalue weighted by molar-refractivity contribution is 0.0674. The molecular formula is C11H21N3O. The molecule has 0 aromatic carbocycles. The van der Waals surface area contributed by atoms with Crippen LogP contribution < -0.4 is 5.73 Å². The molecule has 0 aromatic rings. The van der Waals surface area contributed by atoms with Gasteiger partial charge in [0.25, 0.3) is 0 Å². The zero-order chi connectivity index (χ0) is 10.7. The molecule has 1 aliphatic heterocycles. The SMILES string of the molecule is CCC[C@@H]1C[C@H]1N=C(N)N1CCOCC1. The van der Waals surface area contributed by atoms with Gasteiger partial charge in [0.15, 0.2) is 5.96 Å². The lowest BCUT2D eigenvalue weighted by Crippen LogP contribution is -2.45. The Morgan fingerprint density at radius 2 is 2.20 bits per heavy atom. The van der Waals surface area contributed by atoms with Gasteiger partial charge >= 0.3 is 0 Å². The molecule has 0 unspecified atom stereocenters. The zero-order valence-corrected chi connectivity index (χ0v) is 9.48. The van der Waals surface area contributed by atoms with Crippen molar-refractivity contribution in [1.29, 1.82) is 0 Å². The second-order valence-corrected chi connectivity index (χ2v) is 4.44. The highest BCUT2D eigenvalue weighted by Crippen LogP contribution is 2.37. The number of nitrogens with two attached hydrogens (primary N) is 1. The number of guanidine groups is 1. The summed E-state index contributed by atoms with van der Waals surface area (Å²) in [6.07, 6.45) is 3.79. The highest BCUT2D eigenvalue weighted by Gasteiger charge is 2.36. The Kier molecular flexibility index (Phi) is 3.46. The fourth-order valence-corrected chi connectivity index (χ4v) is 2.11. The molecule has 1 heterocycles. The van der Waals surface area contributed by atoms with Crippen molar-refractivity contribution in [2.45, 2.75) is 32.2 Å². The van der Waals surface area contributed by atoms with E-state index in [0.29, 0.717) is 6.04 Å². The Hall–Kier alpha value is -0.770. The summed E-state index contributed by atoms with van der Waals surface area (Å²) in [6.45, 7) is 5.56. The second-order valence-electron chi connectivity index (χ2n) is 4.44. The number of hydrogen-bond donors (Lipinski definition) is 1. The highest BCUT2D eigenvalue weighted by atomic mass is 16.5. The van der Waals surface area contributed by atoms with E-state index in [4.69, 9.17) is 10.5 Å². The molecule has 1 saturated carbocycles. The van der Waals surface area contributed by atoms with Crippen molar-refractivity contribution in [3.05, 3.63) is 0 Å². The van der Waals surface area contributed by atoms with E-state index in [1.807, 2.05) is 0 Å². The van der Waals surface area contributed by atoms with Crippen LogP contribution in [0.2, 0.25) is 0 Å². The molecule has 0 radical (unpaired) electrons. The maximum Gasteiger partial charge on any atom is 0.191 e. The molecule has 2 atom stereocenters. The number of hydrogen-bond acceptors (Lipinski definition) is 2. The van der Waals surface area contributed by atoms with Crippen LogP contribution in [-0.2, 0) is 4.74 Å². The van der Waals surface area contributed by atoms with E-state index in [-0.39, 0.29) is 0 Å². The molecule has 15 heavy (non-hydrogen) atoms. The van der Waals surface area contributed by atoms with E-state index in [2.05, 4.69) is 16.8 Å². The van der Waals surface area contributed by atoms with Gasteiger partial charge in [-0.15, -0.1) is 0 Å². The van der Waals surface area contributed by atoms with Crippen LogP contribution in [0, 0.1) is 5.92 Å². The summed E-state index contributed by atoms with van der Waals surface area (Å²) in [5, 5.41) is 0. The molecule has 86 valence electrons. The van der Waals surface area contributed by atoms with Crippen LogP contribution in [-0.4, -0.2) is 43.2 Å². The average Bonchev–Trinajstić information content (AvgIpc) is 2.98. The lowest BCUT2D eigenvalue weighted by atomic mass is 10.2. The standard InChI is InChI=1S/C11H21N3O/c1-2-3-9-8-10(9)13-11(12)14-4-6-15-7-5-14/h9-10H,2-8H2,1H3,(H2,12,13)/t9-,10-/m1/s1. The minimum atomic E-state index is 0.507. The average molecular weight is 211 g/mol. The molecule has 0 amide bonds. The van der Waals surface area contributed by atoms with Crippen molar-refractivity contribution in [3.63, 3.8) is 0 Å². The molecule has 2 aliphatic rings. The third-order valence-electron chi connectivity index (χ3n) is 3.18. The van der Waals surface area contributed by atoms with Crippen molar-refractivity contribution in [2.24, 2.45) is 16.6 Å². The largest absolute Gasteiger partial charge is 0.378 e. The zero-order valence-electron chi connectivity index (χ0n) is 9.48. The van der Waals surface area contributed by atoms with Gasteiger partial charge in [-0.05, 0) is 18.8 Å². The van der Waals surface area contributed by atoms with E-state index < -0.39 is 0 Å². The van der Waals surface area contributed by atoms with E-state index in [9.17, 15) is 0 Å². The number of ether oxygens (including phenoxy) is 1. The number of rotatable bonds is 3. The van der Waals surface area contributed by atoms with Crippen molar-refractivity contribution in [3.8, 4) is 0 Å². The lowest BCUT2D eigenvalue weighted by Gasteiger charge is -2.27. The van der Waals surface area contributed by atoms with Crippen molar-refractivity contribution >= 4 is 5.96 Å². The highest BCUT2D eigenvalue weighted by molar-refractivity contribution is 5.78. The fourth-order valence-electron chi connectivity index (χ4n) is 2.11. The molecule has 2 rings (SSSR count). The fraction of sp³-hybridized carbons (Fsp3) is 0.909. The third-order valence-corrected chi connectivity index (χ3v) is 3.18. The normalized spacial score (nSPS) is 31.8. The molecule has 1 aliphatic carbocycles. The van der Waals surface area contributed by atoms with Gasteiger partial charge in [0.05, 0.1) is 19.3 Å². The van der Waals surface area contributed by atoms with Gasteiger partial charge in [0.2, 0.25) is 0 Å². The van der Waals surface area contributed by atoms with Gasteiger partial charge in [-0.1, -0.05) is 13.3 Å². The van der Waals surface area contributed by atoms with Crippen molar-refractivity contribution < 1.29 is 4.74 Å². The molecule has 2 fully saturated rings. The predicted molar refractivity (Wildman–Crippen MR) is 60.8 cm³/mol. The Balaban J connectivity index is 1.79. The predicted octanol–water partition coefficient (Wildman–Crippen LogP) is 0.822. The first-order valence-electron chi connectivity index (χ1n) is 5.97. The summed E-state index contributed by atoms with van der Waals surface area (Å²) in [5.74, 6) is 1.52. The van der Waals surface area contributed by atoms with Gasteiger partial charge in [0.1, 0.15) is 0 Å². The number of nitrogens with zero attached hydrogens (tertiary/aromatic N) is 2. The number of aliphatic imine (C=N–C) groups is 1. The summed E-state index contributed by atoms with van der Waals surface area (Å²) in [5.41, 5.74) is 5.97. The van der Waals surface area contributed by atoms with Crippen LogP contribution in [0.3, 0.4) is 0 Å². The molecule has 2 N–H and O–H groups in total. The monoisotopic (exact) mass is 211 g/mol. The topological polar surface area (TPSA) is 50.8 Å². The first kappa shape index (κ1) is 10.7. The Morgan fingerprint density at radius 1 is 1.47 bits per heavy atom. The van der Waals surface area contributed by atoms with Crippen LogP contribution in [0.5, 0.6) is 0 Å². The first-order chi connectivity index (χ1) is 7.31. The van der Waals surface area contributed by atoms with Gasteiger partial charge in [0, 0.05) is 13.1 Å². The Bertz CT molecular complexity index is 236. The van der Waals surface area contributed by atoms with Crippen molar-refractivity contribution in [2.75, 3.05) is 26.3 Å². The van der Waals surface area contributed by atoms with Gasteiger partial charge in [-0.3, -0.25) is 0 Å². The molecule has 0 aromatic heterocycles. The number of morpholine rings is 1. The van der Waals surface area contributed by atoms with E-state index in [1.165, 1.54) is 19.3 Å². The van der Waals surface area contributed by atoms with Crippen LogP contribution in [0.4, 0.5) is 0 Å². The maximum absolute atomic E-state index is 5.97. The maximum atomic E-state index is 5.97. The Morgan fingerprint density at radius 3 is 2.87 bits per heavy atom. The molecule has 0 bridgehead atoms. The second kappa shape index (κ2) is 4.84. The van der Waals surface area contributed by atoms with Crippen LogP contribution in [0.15, 0.2) is 4.99 Å². The van der Waals surface area contributed by atoms with E-state index >= 15 is 0 Å². The van der Waals surface area contributed by atoms with Crippen molar-refractivity contribution in [1.82, 2.24) is 4.90 Å². The smallest absolute Gasteiger partial charge is 0.191 e. The summed E-state index contributed by atoms with van der Waals surface area (Å²) in [4.78, 5) is 6.71. The molecule has 1 saturated heterocycles. The Labute approximate surface area is 91.5 Å². The minimum absolute atomic E-state index is 0.507. The van der Waals surface area contributed by atoms with E-state index in [0.717, 1.165) is 38.2 Å². The van der Waals surface area contributed by atoms with Crippen LogP contribution >= 0.6 is 0 Å². The quantitative estimate of drug-likeness (QED) is 0.555. The first-order valence-corrected chi connectivity index (χ1v) is 5.97. The van der Waals surface area contributed by atoms with Crippen LogP contribution in [0.1, 0.15) is 26.2 Å². The summed E-state index contributed by atoms with van der Waals surface area (Å²) >= 11 is 0. The third kappa shape index (κ3) is 2.84. The molecule has 4 heteroatoms. The summed E-state index contributed by atoms with van der Waals surface area (Å²) < 4.78 is 5.28. The van der Waals surface area contributed by atoms with Gasteiger partial charge in [-0.2, -0.15) is 0 Å². The van der Waals surface area contributed by atoms with Gasteiger partial charge in [-0.25, -0.2) is 4.99 Å². The molecule has 0 spiro atoms. The summed E-state index contributed by atoms with van der Waals surface area (Å²) in [7, 11) is 0. The minimum Gasteiger partial charge on any atom is -0.378 e. The van der Waals surface area contributed by atoms with Crippen LogP contribution in [0.25, 0.3) is 0 Å². The molecular weight excluding hydrogens is 190 g/mol. The molecule has 4 nitrogen and oxygen atoms in total. The van der Waals surface area contributed by atoms with E-state index in [1.54, 1.807) is 0 Å². The van der Waals surface area contributed by atoms with Gasteiger partial charge < -0.3 is 15.4 Å². The summed E-state index contributed by atoms with van der Waals surface area (Å²) in [6, 6.07) is 0.507.